The molecule has 2 fully saturated rings. The highest BCUT2D eigenvalue weighted by molar-refractivity contribution is 7.91. The normalized spacial score (nSPS) is 37.2. The second kappa shape index (κ2) is 5.48. The summed E-state index contributed by atoms with van der Waals surface area (Å²) in [5.74, 6) is 0.948. The summed E-state index contributed by atoms with van der Waals surface area (Å²) in [5, 5.41) is 3.40. The molecule has 3 unspecified atom stereocenters. The fourth-order valence-corrected chi connectivity index (χ4v) is 5.96. The van der Waals surface area contributed by atoms with Crippen LogP contribution in [-0.4, -0.2) is 68.7 Å². The first kappa shape index (κ1) is 17.2. The van der Waals surface area contributed by atoms with Crippen LogP contribution < -0.4 is 5.32 Å². The first-order valence-electron chi connectivity index (χ1n) is 7.76. The number of hydrogen-bond acceptors (Lipinski definition) is 5. The maximum absolute atomic E-state index is 11.7. The number of sulfone groups is 1. The number of nitrogens with one attached hydrogen (secondary N) is 1. The van der Waals surface area contributed by atoms with Crippen molar-refractivity contribution in [1.29, 1.82) is 0 Å². The third-order valence-electron chi connectivity index (χ3n) is 5.20. The van der Waals surface area contributed by atoms with Crippen molar-refractivity contribution in [3.63, 3.8) is 0 Å². The largest absolute Gasteiger partial charge is 0.368 e. The van der Waals surface area contributed by atoms with Gasteiger partial charge in [0.2, 0.25) is 0 Å². The molecule has 0 aliphatic carbocycles. The van der Waals surface area contributed by atoms with Crippen molar-refractivity contribution in [3.05, 3.63) is 0 Å². The Hall–Kier alpha value is -0.170. The third-order valence-corrected chi connectivity index (χ3v) is 6.95. The van der Waals surface area contributed by atoms with Gasteiger partial charge in [-0.25, -0.2) is 8.42 Å². The molecular weight excluding hydrogens is 288 g/mol. The molecular formula is C15H30N2O3S. The summed E-state index contributed by atoms with van der Waals surface area (Å²) in [6.45, 7) is 9.36. The molecule has 124 valence electrons. The second-order valence-electron chi connectivity index (χ2n) is 7.68. The van der Waals surface area contributed by atoms with Crippen LogP contribution in [0, 0.1) is 5.92 Å². The van der Waals surface area contributed by atoms with Crippen LogP contribution in [0.25, 0.3) is 0 Å². The molecule has 0 aromatic heterocycles. The van der Waals surface area contributed by atoms with Gasteiger partial charge in [-0.3, -0.25) is 0 Å². The van der Waals surface area contributed by atoms with Crippen LogP contribution in [0.2, 0.25) is 0 Å². The molecule has 2 aliphatic heterocycles. The number of nitrogens with zero attached hydrogens (tertiary/aromatic N) is 1. The predicted molar refractivity (Wildman–Crippen MR) is 85.3 cm³/mol. The Labute approximate surface area is 129 Å². The van der Waals surface area contributed by atoms with Crippen molar-refractivity contribution in [3.8, 4) is 0 Å². The maximum Gasteiger partial charge on any atom is 0.151 e. The van der Waals surface area contributed by atoms with Crippen LogP contribution in [0.4, 0.5) is 0 Å². The zero-order valence-electron chi connectivity index (χ0n) is 14.1. The van der Waals surface area contributed by atoms with Gasteiger partial charge in [0.1, 0.15) is 0 Å². The Morgan fingerprint density at radius 2 is 1.86 bits per heavy atom. The Morgan fingerprint density at radius 1 is 1.24 bits per heavy atom. The molecule has 0 amide bonds. The summed E-state index contributed by atoms with van der Waals surface area (Å²) in [7, 11) is 1.18. The summed E-state index contributed by atoms with van der Waals surface area (Å²) < 4.78 is 29.6. The Kier molecular flexibility index (Phi) is 4.48. The minimum atomic E-state index is -2.83. The van der Waals surface area contributed by atoms with E-state index in [0.717, 1.165) is 13.0 Å². The average molecular weight is 318 g/mol. The number of ether oxygens (including phenoxy) is 1. The molecule has 0 aromatic rings. The van der Waals surface area contributed by atoms with Gasteiger partial charge < -0.3 is 15.0 Å². The Bertz CT molecular complexity index is 487. The molecule has 21 heavy (non-hydrogen) atoms. The van der Waals surface area contributed by atoms with Crippen LogP contribution in [-0.2, 0) is 14.6 Å². The van der Waals surface area contributed by atoms with Crippen LogP contribution in [0.5, 0.6) is 0 Å². The van der Waals surface area contributed by atoms with Crippen LogP contribution in [0.1, 0.15) is 34.1 Å². The van der Waals surface area contributed by atoms with Gasteiger partial charge in [-0.2, -0.15) is 0 Å². The van der Waals surface area contributed by atoms with E-state index in [1.54, 1.807) is 0 Å². The van der Waals surface area contributed by atoms with Crippen molar-refractivity contribution < 1.29 is 13.2 Å². The maximum atomic E-state index is 11.7. The average Bonchev–Trinajstić information content (AvgIpc) is 2.74. The van der Waals surface area contributed by atoms with Crippen LogP contribution in [0.15, 0.2) is 0 Å². The summed E-state index contributed by atoms with van der Waals surface area (Å²) >= 11 is 0. The highest BCUT2D eigenvalue weighted by atomic mass is 32.2. The topological polar surface area (TPSA) is 58.6 Å². The lowest BCUT2D eigenvalue weighted by Crippen LogP contribution is -2.50. The molecule has 3 atom stereocenters. The molecule has 0 spiro atoms. The van der Waals surface area contributed by atoms with E-state index >= 15 is 0 Å². The molecule has 0 bridgehead atoms. The molecule has 6 heteroatoms. The van der Waals surface area contributed by atoms with Crippen LogP contribution in [0.3, 0.4) is 0 Å². The Morgan fingerprint density at radius 3 is 2.33 bits per heavy atom. The summed E-state index contributed by atoms with van der Waals surface area (Å²) in [5.41, 5.74) is -0.436. The van der Waals surface area contributed by atoms with Gasteiger partial charge in [0.15, 0.2) is 9.84 Å². The molecule has 2 heterocycles. The summed E-state index contributed by atoms with van der Waals surface area (Å²) in [6.07, 6.45) is 0.750. The standard InChI is InChI=1S/C15H30N2O3S/c1-14(2)12(13(16-5)15(3,4)20-14)9-17(6)11-7-8-21(18,19)10-11/h11-13,16H,7-10H2,1-6H3. The van der Waals surface area contributed by atoms with E-state index in [-0.39, 0.29) is 23.3 Å². The predicted octanol–water partition coefficient (Wildman–Crippen LogP) is 0.897. The molecule has 2 aliphatic rings. The summed E-state index contributed by atoms with van der Waals surface area (Å²) in [4.78, 5) is 2.21. The smallest absolute Gasteiger partial charge is 0.151 e. The van der Waals surface area contributed by atoms with Gasteiger partial charge in [-0.15, -0.1) is 0 Å². The highest BCUT2D eigenvalue weighted by Gasteiger charge is 2.53. The van der Waals surface area contributed by atoms with Crippen molar-refractivity contribution in [2.24, 2.45) is 5.92 Å². The molecule has 1 N–H and O–H groups in total. The van der Waals surface area contributed by atoms with E-state index in [2.05, 4.69) is 37.9 Å². The molecule has 0 radical (unpaired) electrons. The van der Waals surface area contributed by atoms with Gasteiger partial charge in [0, 0.05) is 24.5 Å². The van der Waals surface area contributed by atoms with Crippen molar-refractivity contribution in [2.45, 2.75) is 57.4 Å². The lowest BCUT2D eigenvalue weighted by Gasteiger charge is -2.34. The van der Waals surface area contributed by atoms with Gasteiger partial charge in [-0.1, -0.05) is 0 Å². The van der Waals surface area contributed by atoms with Gasteiger partial charge >= 0.3 is 0 Å². The van der Waals surface area contributed by atoms with Gasteiger partial charge in [0.25, 0.3) is 0 Å². The fourth-order valence-electron chi connectivity index (χ4n) is 4.16. The van der Waals surface area contributed by atoms with E-state index in [1.807, 2.05) is 14.1 Å². The Balaban J connectivity index is 2.10. The van der Waals surface area contributed by atoms with Crippen molar-refractivity contribution >= 4 is 9.84 Å². The fraction of sp³-hybridized carbons (Fsp3) is 1.00. The lowest BCUT2D eigenvalue weighted by molar-refractivity contribution is -0.0794. The van der Waals surface area contributed by atoms with E-state index in [1.165, 1.54) is 0 Å². The van der Waals surface area contributed by atoms with E-state index in [9.17, 15) is 8.42 Å². The minimum Gasteiger partial charge on any atom is -0.368 e. The molecule has 0 aromatic carbocycles. The first-order chi connectivity index (χ1) is 9.48. The van der Waals surface area contributed by atoms with Gasteiger partial charge in [-0.05, 0) is 48.2 Å². The summed E-state index contributed by atoms with van der Waals surface area (Å²) in [6, 6.07) is 0.403. The first-order valence-corrected chi connectivity index (χ1v) is 9.59. The zero-order chi connectivity index (χ0) is 16.1. The second-order valence-corrected chi connectivity index (χ2v) is 9.91. The number of rotatable bonds is 4. The van der Waals surface area contributed by atoms with E-state index in [4.69, 9.17) is 4.74 Å². The monoisotopic (exact) mass is 318 g/mol. The number of hydrogen-bond donors (Lipinski definition) is 1. The third kappa shape index (κ3) is 3.44. The molecule has 2 rings (SSSR count). The highest BCUT2D eigenvalue weighted by Crippen LogP contribution is 2.42. The SMILES string of the molecule is CNC1C(CN(C)C2CCS(=O)(=O)C2)C(C)(C)OC1(C)C. The van der Waals surface area contributed by atoms with E-state index in [0.29, 0.717) is 17.4 Å². The molecule has 2 saturated heterocycles. The lowest BCUT2D eigenvalue weighted by atomic mass is 9.82. The quantitative estimate of drug-likeness (QED) is 0.834. The van der Waals surface area contributed by atoms with E-state index < -0.39 is 9.84 Å². The minimum absolute atomic E-state index is 0.145. The van der Waals surface area contributed by atoms with Crippen molar-refractivity contribution in [2.75, 3.05) is 32.1 Å². The van der Waals surface area contributed by atoms with Gasteiger partial charge in [0.05, 0.1) is 22.7 Å². The zero-order valence-corrected chi connectivity index (χ0v) is 15.0. The number of likely N-dealkylation sites (N-methyl/N-ethyl adjacent to an activating group) is 1. The van der Waals surface area contributed by atoms with Crippen LogP contribution >= 0.6 is 0 Å². The molecule has 5 nitrogen and oxygen atoms in total. The van der Waals surface area contributed by atoms with Crippen molar-refractivity contribution in [1.82, 2.24) is 10.2 Å². The molecule has 0 saturated carbocycles.